The predicted molar refractivity (Wildman–Crippen MR) is 40.9 cm³/mol. The molecule has 9 heavy (non-hydrogen) atoms. The maximum absolute atomic E-state index is 3.95. The van der Waals surface area contributed by atoms with Crippen molar-refractivity contribution in [1.82, 2.24) is 4.37 Å². The van der Waals surface area contributed by atoms with Crippen LogP contribution in [-0.2, 0) is 0 Å². The van der Waals surface area contributed by atoms with Gasteiger partial charge in [0, 0.05) is 11.4 Å². The van der Waals surface area contributed by atoms with Gasteiger partial charge in [-0.3, -0.25) is 0 Å². The van der Waals surface area contributed by atoms with Crippen molar-refractivity contribution in [3.8, 4) is 0 Å². The van der Waals surface area contributed by atoms with Gasteiger partial charge in [0.05, 0.1) is 11.9 Å². The standard InChI is InChI=1S/C6H10N2S/c1-5(2)8-6-3-7-9-4-6/h3-5,8H,1-2H3. The van der Waals surface area contributed by atoms with E-state index < -0.39 is 0 Å². The molecule has 0 aromatic carbocycles. The maximum Gasteiger partial charge on any atom is 0.0654 e. The van der Waals surface area contributed by atoms with Crippen LogP contribution in [0.2, 0.25) is 0 Å². The summed E-state index contributed by atoms with van der Waals surface area (Å²) in [6, 6.07) is 0.501. The molecule has 0 saturated heterocycles. The number of hydrogen-bond acceptors (Lipinski definition) is 3. The Morgan fingerprint density at radius 3 is 2.89 bits per heavy atom. The van der Waals surface area contributed by atoms with Crippen LogP contribution in [0.25, 0.3) is 0 Å². The fourth-order valence-corrected chi connectivity index (χ4v) is 1.09. The highest BCUT2D eigenvalue weighted by Crippen LogP contribution is 2.08. The number of anilines is 1. The van der Waals surface area contributed by atoms with Crippen LogP contribution in [0, 0.1) is 0 Å². The van der Waals surface area contributed by atoms with E-state index in [4.69, 9.17) is 0 Å². The van der Waals surface area contributed by atoms with Gasteiger partial charge >= 0.3 is 0 Å². The summed E-state index contributed by atoms with van der Waals surface area (Å²) in [5.74, 6) is 0. The average molecular weight is 142 g/mol. The number of nitrogens with one attached hydrogen (secondary N) is 1. The first-order valence-corrected chi connectivity index (χ1v) is 3.78. The third-order valence-corrected chi connectivity index (χ3v) is 1.47. The van der Waals surface area contributed by atoms with Crippen LogP contribution in [-0.4, -0.2) is 10.4 Å². The molecule has 0 aliphatic heterocycles. The van der Waals surface area contributed by atoms with Crippen molar-refractivity contribution < 1.29 is 0 Å². The molecule has 1 N–H and O–H groups in total. The topological polar surface area (TPSA) is 24.9 Å². The summed E-state index contributed by atoms with van der Waals surface area (Å²) in [6.45, 7) is 4.22. The molecule has 0 amide bonds. The van der Waals surface area contributed by atoms with Crippen LogP contribution in [0.1, 0.15) is 13.8 Å². The molecule has 0 bridgehead atoms. The highest BCUT2D eigenvalue weighted by atomic mass is 32.1. The molecule has 0 radical (unpaired) electrons. The molecule has 1 heterocycles. The lowest BCUT2D eigenvalue weighted by atomic mass is 10.4. The summed E-state index contributed by atoms with van der Waals surface area (Å²) >= 11 is 1.47. The van der Waals surface area contributed by atoms with Gasteiger partial charge in [-0.2, -0.15) is 4.37 Å². The number of aromatic nitrogens is 1. The molecule has 2 nitrogen and oxygen atoms in total. The molecular formula is C6H10N2S. The molecule has 1 rings (SSSR count). The zero-order chi connectivity index (χ0) is 6.69. The Balaban J connectivity index is 2.48. The van der Waals surface area contributed by atoms with E-state index in [0.29, 0.717) is 6.04 Å². The van der Waals surface area contributed by atoms with Crippen LogP contribution in [0.3, 0.4) is 0 Å². The van der Waals surface area contributed by atoms with Crippen molar-refractivity contribution in [3.05, 3.63) is 11.6 Å². The minimum Gasteiger partial charge on any atom is -0.381 e. The predicted octanol–water partition coefficient (Wildman–Crippen LogP) is 1.96. The van der Waals surface area contributed by atoms with Crippen LogP contribution >= 0.6 is 11.5 Å². The van der Waals surface area contributed by atoms with Gasteiger partial charge in [-0.1, -0.05) is 0 Å². The highest BCUT2D eigenvalue weighted by Gasteiger charge is 1.93. The zero-order valence-electron chi connectivity index (χ0n) is 5.59. The quantitative estimate of drug-likeness (QED) is 0.682. The summed E-state index contributed by atoms with van der Waals surface area (Å²) in [7, 11) is 0. The van der Waals surface area contributed by atoms with Crippen molar-refractivity contribution in [2.75, 3.05) is 5.32 Å². The van der Waals surface area contributed by atoms with Gasteiger partial charge in [-0.05, 0) is 25.4 Å². The number of nitrogens with zero attached hydrogens (tertiary/aromatic N) is 1. The fraction of sp³-hybridized carbons (Fsp3) is 0.500. The van der Waals surface area contributed by atoms with E-state index in [9.17, 15) is 0 Å². The van der Waals surface area contributed by atoms with Gasteiger partial charge in [-0.25, -0.2) is 0 Å². The molecule has 0 atom stereocenters. The Hall–Kier alpha value is -0.570. The molecule has 3 heteroatoms. The van der Waals surface area contributed by atoms with Gasteiger partial charge in [-0.15, -0.1) is 0 Å². The number of rotatable bonds is 2. The second kappa shape index (κ2) is 2.82. The molecule has 1 aromatic rings. The minimum absolute atomic E-state index is 0.501. The van der Waals surface area contributed by atoms with Gasteiger partial charge < -0.3 is 5.32 Å². The average Bonchev–Trinajstić information content (AvgIpc) is 2.15. The first-order chi connectivity index (χ1) is 4.29. The third-order valence-electron chi connectivity index (χ3n) is 0.888. The van der Waals surface area contributed by atoms with Gasteiger partial charge in [0.2, 0.25) is 0 Å². The molecule has 0 unspecified atom stereocenters. The normalized spacial score (nSPS) is 10.1. The first-order valence-electron chi connectivity index (χ1n) is 2.95. The smallest absolute Gasteiger partial charge is 0.0654 e. The molecule has 1 aromatic heterocycles. The number of hydrogen-bond donors (Lipinski definition) is 1. The van der Waals surface area contributed by atoms with Crippen LogP contribution in [0.5, 0.6) is 0 Å². The largest absolute Gasteiger partial charge is 0.381 e. The Morgan fingerprint density at radius 1 is 1.67 bits per heavy atom. The van der Waals surface area contributed by atoms with E-state index in [0.717, 1.165) is 5.69 Å². The Labute approximate surface area is 59.1 Å². The second-order valence-electron chi connectivity index (χ2n) is 2.21. The first kappa shape index (κ1) is 6.55. The van der Waals surface area contributed by atoms with Crippen molar-refractivity contribution in [3.63, 3.8) is 0 Å². The van der Waals surface area contributed by atoms with Gasteiger partial charge in [0.25, 0.3) is 0 Å². The molecular weight excluding hydrogens is 132 g/mol. The highest BCUT2D eigenvalue weighted by molar-refractivity contribution is 7.04. The van der Waals surface area contributed by atoms with Gasteiger partial charge in [0.1, 0.15) is 0 Å². The fourth-order valence-electron chi connectivity index (χ4n) is 0.609. The molecule has 0 fully saturated rings. The van der Waals surface area contributed by atoms with Gasteiger partial charge in [0.15, 0.2) is 0 Å². The summed E-state index contributed by atoms with van der Waals surface area (Å²) in [4.78, 5) is 0. The third kappa shape index (κ3) is 2.01. The summed E-state index contributed by atoms with van der Waals surface area (Å²) in [5.41, 5.74) is 1.12. The van der Waals surface area contributed by atoms with Crippen molar-refractivity contribution in [2.24, 2.45) is 0 Å². The summed E-state index contributed by atoms with van der Waals surface area (Å²) in [6.07, 6.45) is 1.84. The molecule has 50 valence electrons. The molecule has 0 spiro atoms. The molecule has 0 saturated carbocycles. The molecule has 0 aliphatic rings. The Morgan fingerprint density at radius 2 is 2.44 bits per heavy atom. The Bertz CT molecular complexity index is 158. The summed E-state index contributed by atoms with van der Waals surface area (Å²) < 4.78 is 3.95. The van der Waals surface area contributed by atoms with E-state index >= 15 is 0 Å². The maximum atomic E-state index is 3.95. The van der Waals surface area contributed by atoms with E-state index in [1.54, 1.807) is 0 Å². The minimum atomic E-state index is 0.501. The van der Waals surface area contributed by atoms with Crippen molar-refractivity contribution in [2.45, 2.75) is 19.9 Å². The Kier molecular flexibility index (Phi) is 2.05. The summed E-state index contributed by atoms with van der Waals surface area (Å²) in [5, 5.41) is 5.23. The van der Waals surface area contributed by atoms with E-state index in [2.05, 4.69) is 23.5 Å². The van der Waals surface area contributed by atoms with Crippen molar-refractivity contribution >= 4 is 17.2 Å². The lowest BCUT2D eigenvalue weighted by Crippen LogP contribution is -2.08. The zero-order valence-corrected chi connectivity index (χ0v) is 6.40. The van der Waals surface area contributed by atoms with E-state index in [1.807, 2.05) is 11.6 Å². The van der Waals surface area contributed by atoms with E-state index in [-0.39, 0.29) is 0 Å². The second-order valence-corrected chi connectivity index (χ2v) is 2.87. The SMILES string of the molecule is CC(C)Nc1cnsc1. The van der Waals surface area contributed by atoms with Crippen molar-refractivity contribution in [1.29, 1.82) is 0 Å². The van der Waals surface area contributed by atoms with Crippen LogP contribution in [0.15, 0.2) is 11.6 Å². The van der Waals surface area contributed by atoms with Crippen LogP contribution in [0.4, 0.5) is 5.69 Å². The van der Waals surface area contributed by atoms with E-state index in [1.165, 1.54) is 11.5 Å². The lowest BCUT2D eigenvalue weighted by molar-refractivity contribution is 0.900. The molecule has 0 aliphatic carbocycles. The monoisotopic (exact) mass is 142 g/mol. The van der Waals surface area contributed by atoms with Crippen LogP contribution < -0.4 is 5.32 Å². The lowest BCUT2D eigenvalue weighted by Gasteiger charge is -2.04.